The zero-order valence-electron chi connectivity index (χ0n) is 10.1. The van der Waals surface area contributed by atoms with E-state index in [1.807, 2.05) is 18.2 Å². The van der Waals surface area contributed by atoms with Gasteiger partial charge in [-0.2, -0.15) is 0 Å². The van der Waals surface area contributed by atoms with Gasteiger partial charge in [0.25, 0.3) is 5.91 Å². The maximum atomic E-state index is 12.2. The van der Waals surface area contributed by atoms with E-state index in [9.17, 15) is 15.0 Å². The van der Waals surface area contributed by atoms with Crippen LogP contribution in [0.15, 0.2) is 30.5 Å². The Bertz CT molecular complexity index is 621. The van der Waals surface area contributed by atoms with Crippen LogP contribution in [0.5, 0.6) is 0 Å². The molecule has 2 aromatic rings. The number of carbonyl (C=O) groups is 1. The molecule has 98 valence electrons. The molecule has 1 aromatic heterocycles. The lowest BCUT2D eigenvalue weighted by atomic mass is 10.3. The number of nitrogens with zero attached hydrogens (tertiary/aromatic N) is 3. The molecule has 2 atom stereocenters. The van der Waals surface area contributed by atoms with E-state index >= 15 is 0 Å². The van der Waals surface area contributed by atoms with Crippen molar-refractivity contribution in [2.75, 3.05) is 13.1 Å². The highest BCUT2D eigenvalue weighted by atomic mass is 16.3. The Hall–Kier alpha value is -2.05. The fourth-order valence-electron chi connectivity index (χ4n) is 2.16. The zero-order chi connectivity index (χ0) is 13.4. The molecular formula is C13H13N3O3. The molecule has 1 amide bonds. The Labute approximate surface area is 109 Å². The van der Waals surface area contributed by atoms with Gasteiger partial charge in [0, 0.05) is 13.1 Å². The normalized spacial score (nSPS) is 22.9. The molecule has 19 heavy (non-hydrogen) atoms. The van der Waals surface area contributed by atoms with E-state index in [2.05, 4.69) is 9.97 Å². The minimum Gasteiger partial charge on any atom is -0.388 e. The van der Waals surface area contributed by atoms with Gasteiger partial charge in [0.2, 0.25) is 0 Å². The zero-order valence-corrected chi connectivity index (χ0v) is 10.1. The first-order valence-electron chi connectivity index (χ1n) is 6.02. The SMILES string of the molecule is O=C(c1cnc2ccccc2n1)N1C[C@@H](O)[C@@H](O)C1. The van der Waals surface area contributed by atoms with Crippen LogP contribution in [0.25, 0.3) is 11.0 Å². The molecule has 0 radical (unpaired) electrons. The Balaban J connectivity index is 1.90. The van der Waals surface area contributed by atoms with Gasteiger partial charge in [-0.1, -0.05) is 12.1 Å². The van der Waals surface area contributed by atoms with Gasteiger partial charge in [0.15, 0.2) is 0 Å². The Morgan fingerprint density at radius 3 is 2.47 bits per heavy atom. The molecule has 1 aliphatic heterocycles. The second-order valence-corrected chi connectivity index (χ2v) is 4.59. The minimum atomic E-state index is -0.891. The van der Waals surface area contributed by atoms with Crippen molar-refractivity contribution in [3.63, 3.8) is 0 Å². The number of amides is 1. The number of hydrogen-bond donors (Lipinski definition) is 2. The van der Waals surface area contributed by atoms with E-state index in [4.69, 9.17) is 0 Å². The highest BCUT2D eigenvalue weighted by Crippen LogP contribution is 2.15. The number of rotatable bonds is 1. The number of aromatic nitrogens is 2. The lowest BCUT2D eigenvalue weighted by molar-refractivity contribution is 0.0572. The predicted octanol–water partition coefficient (Wildman–Crippen LogP) is -0.193. The largest absolute Gasteiger partial charge is 0.388 e. The summed E-state index contributed by atoms with van der Waals surface area (Å²) >= 11 is 0. The third-order valence-electron chi connectivity index (χ3n) is 3.21. The molecule has 6 heteroatoms. The van der Waals surface area contributed by atoms with Crippen LogP contribution in [0.2, 0.25) is 0 Å². The van der Waals surface area contributed by atoms with Crippen LogP contribution in [0.1, 0.15) is 10.5 Å². The molecule has 0 aliphatic carbocycles. The second kappa shape index (κ2) is 4.56. The van der Waals surface area contributed by atoms with Crippen LogP contribution < -0.4 is 0 Å². The first-order chi connectivity index (χ1) is 9.15. The first kappa shape index (κ1) is 12.0. The maximum absolute atomic E-state index is 12.2. The average Bonchev–Trinajstić information content (AvgIpc) is 2.77. The summed E-state index contributed by atoms with van der Waals surface area (Å²) in [6.07, 6.45) is -0.364. The highest BCUT2D eigenvalue weighted by molar-refractivity contribution is 5.94. The Kier molecular flexibility index (Phi) is 2.88. The van der Waals surface area contributed by atoms with Crippen molar-refractivity contribution in [2.24, 2.45) is 0 Å². The van der Waals surface area contributed by atoms with Crippen molar-refractivity contribution in [3.05, 3.63) is 36.2 Å². The van der Waals surface area contributed by atoms with Crippen LogP contribution in [-0.4, -0.2) is 56.3 Å². The maximum Gasteiger partial charge on any atom is 0.274 e. The Morgan fingerprint density at radius 1 is 1.16 bits per heavy atom. The monoisotopic (exact) mass is 259 g/mol. The van der Waals surface area contributed by atoms with Gasteiger partial charge in [-0.3, -0.25) is 9.78 Å². The van der Waals surface area contributed by atoms with Crippen molar-refractivity contribution in [2.45, 2.75) is 12.2 Å². The van der Waals surface area contributed by atoms with Gasteiger partial charge in [-0.15, -0.1) is 0 Å². The van der Waals surface area contributed by atoms with Gasteiger partial charge in [0.05, 0.1) is 29.4 Å². The number of para-hydroxylation sites is 2. The van der Waals surface area contributed by atoms with Crippen molar-refractivity contribution in [3.8, 4) is 0 Å². The number of hydrogen-bond acceptors (Lipinski definition) is 5. The lowest BCUT2D eigenvalue weighted by Gasteiger charge is -2.14. The summed E-state index contributed by atoms with van der Waals surface area (Å²) in [5, 5.41) is 18.9. The van der Waals surface area contributed by atoms with Gasteiger partial charge >= 0.3 is 0 Å². The third-order valence-corrected chi connectivity index (χ3v) is 3.21. The van der Waals surface area contributed by atoms with Crippen molar-refractivity contribution >= 4 is 16.9 Å². The van der Waals surface area contributed by atoms with E-state index in [-0.39, 0.29) is 24.7 Å². The fraction of sp³-hybridized carbons (Fsp3) is 0.308. The van der Waals surface area contributed by atoms with Crippen LogP contribution in [0.4, 0.5) is 0 Å². The van der Waals surface area contributed by atoms with Gasteiger partial charge in [-0.05, 0) is 12.1 Å². The molecular weight excluding hydrogens is 246 g/mol. The number of benzene rings is 1. The molecule has 6 nitrogen and oxygen atoms in total. The summed E-state index contributed by atoms with van der Waals surface area (Å²) in [6.45, 7) is 0.239. The molecule has 2 heterocycles. The lowest BCUT2D eigenvalue weighted by Crippen LogP contribution is -2.30. The molecule has 1 fully saturated rings. The molecule has 0 spiro atoms. The molecule has 3 rings (SSSR count). The second-order valence-electron chi connectivity index (χ2n) is 4.59. The Morgan fingerprint density at radius 2 is 1.79 bits per heavy atom. The summed E-state index contributed by atoms with van der Waals surface area (Å²) in [7, 11) is 0. The summed E-state index contributed by atoms with van der Waals surface area (Å²) in [5.74, 6) is -0.325. The molecule has 1 aliphatic rings. The van der Waals surface area contributed by atoms with Crippen molar-refractivity contribution < 1.29 is 15.0 Å². The van der Waals surface area contributed by atoms with Gasteiger partial charge in [-0.25, -0.2) is 4.98 Å². The van der Waals surface area contributed by atoms with E-state index in [1.54, 1.807) is 6.07 Å². The van der Waals surface area contributed by atoms with Crippen LogP contribution in [0, 0.1) is 0 Å². The fourth-order valence-corrected chi connectivity index (χ4v) is 2.16. The van der Waals surface area contributed by atoms with E-state index in [0.717, 1.165) is 5.52 Å². The summed E-state index contributed by atoms with van der Waals surface area (Å²) in [6, 6.07) is 7.28. The third kappa shape index (κ3) is 2.16. The minimum absolute atomic E-state index is 0.120. The van der Waals surface area contributed by atoms with Gasteiger partial charge in [0.1, 0.15) is 5.69 Å². The van der Waals surface area contributed by atoms with E-state index in [0.29, 0.717) is 5.52 Å². The molecule has 1 saturated heterocycles. The summed E-state index contributed by atoms with van der Waals surface area (Å²) in [4.78, 5) is 22.0. The van der Waals surface area contributed by atoms with E-state index in [1.165, 1.54) is 11.1 Å². The van der Waals surface area contributed by atoms with E-state index < -0.39 is 12.2 Å². The number of carbonyl (C=O) groups excluding carboxylic acids is 1. The average molecular weight is 259 g/mol. The smallest absolute Gasteiger partial charge is 0.274 e. The van der Waals surface area contributed by atoms with Crippen molar-refractivity contribution in [1.29, 1.82) is 0 Å². The standard InChI is InChI=1S/C13H13N3O3/c17-11-6-16(7-12(11)18)13(19)10-5-14-8-3-1-2-4-9(8)15-10/h1-5,11-12,17-18H,6-7H2/t11-,12+. The van der Waals surface area contributed by atoms with Gasteiger partial charge < -0.3 is 15.1 Å². The van der Waals surface area contributed by atoms with Crippen LogP contribution in [-0.2, 0) is 0 Å². The number of β-amino-alcohol motifs (C(OH)–C–C–N with tert-alkyl or cyclic N) is 2. The highest BCUT2D eigenvalue weighted by Gasteiger charge is 2.33. The summed E-state index contributed by atoms with van der Waals surface area (Å²) in [5.41, 5.74) is 1.59. The molecule has 1 aromatic carbocycles. The number of aliphatic hydroxyl groups is 2. The summed E-state index contributed by atoms with van der Waals surface area (Å²) < 4.78 is 0. The number of aliphatic hydroxyl groups excluding tert-OH is 2. The van der Waals surface area contributed by atoms with Crippen LogP contribution in [0.3, 0.4) is 0 Å². The molecule has 0 unspecified atom stereocenters. The molecule has 0 bridgehead atoms. The number of likely N-dealkylation sites (tertiary alicyclic amines) is 1. The molecule has 2 N–H and O–H groups in total. The number of fused-ring (bicyclic) bond motifs is 1. The quantitative estimate of drug-likeness (QED) is 0.741. The topological polar surface area (TPSA) is 86.6 Å². The first-order valence-corrected chi connectivity index (χ1v) is 6.02. The predicted molar refractivity (Wildman–Crippen MR) is 67.5 cm³/mol. The van der Waals surface area contributed by atoms with Crippen molar-refractivity contribution in [1.82, 2.24) is 14.9 Å². The van der Waals surface area contributed by atoms with Crippen LogP contribution >= 0.6 is 0 Å². The molecule has 0 saturated carbocycles.